The third-order valence-corrected chi connectivity index (χ3v) is 4.15. The van der Waals surface area contributed by atoms with Crippen LogP contribution in [-0.4, -0.2) is 49.3 Å². The predicted molar refractivity (Wildman–Crippen MR) is 71.3 cm³/mol. The maximum absolute atomic E-state index is 5.66. The minimum atomic E-state index is 0.486. The second kappa shape index (κ2) is 6.72. The fourth-order valence-corrected chi connectivity index (χ4v) is 2.94. The quantitative estimate of drug-likeness (QED) is 0.813. The van der Waals surface area contributed by atoms with Crippen LogP contribution in [0.1, 0.15) is 46.0 Å². The summed E-state index contributed by atoms with van der Waals surface area (Å²) in [5.41, 5.74) is 0. The summed E-state index contributed by atoms with van der Waals surface area (Å²) in [5.74, 6) is 0. The second-order valence-corrected chi connectivity index (χ2v) is 5.80. The Labute approximate surface area is 106 Å². The average molecular weight is 240 g/mol. The maximum atomic E-state index is 5.66. The highest BCUT2D eigenvalue weighted by Crippen LogP contribution is 2.15. The summed E-state index contributed by atoms with van der Waals surface area (Å²) in [7, 11) is 0. The Balaban J connectivity index is 1.67. The first-order valence-electron chi connectivity index (χ1n) is 7.34. The van der Waals surface area contributed by atoms with Crippen LogP contribution >= 0.6 is 0 Å². The zero-order chi connectivity index (χ0) is 12.1. The molecule has 2 fully saturated rings. The molecular formula is C14H28N2O. The lowest BCUT2D eigenvalue weighted by Gasteiger charge is -2.24. The van der Waals surface area contributed by atoms with Gasteiger partial charge >= 0.3 is 0 Å². The van der Waals surface area contributed by atoms with Crippen LogP contribution in [0.4, 0.5) is 0 Å². The second-order valence-electron chi connectivity index (χ2n) is 5.80. The molecule has 17 heavy (non-hydrogen) atoms. The van der Waals surface area contributed by atoms with Crippen molar-refractivity contribution < 1.29 is 4.74 Å². The van der Waals surface area contributed by atoms with Gasteiger partial charge in [-0.3, -0.25) is 0 Å². The molecule has 0 saturated carbocycles. The van der Waals surface area contributed by atoms with Crippen molar-refractivity contribution in [2.24, 2.45) is 0 Å². The van der Waals surface area contributed by atoms with Gasteiger partial charge in [0, 0.05) is 25.2 Å². The molecule has 2 heterocycles. The molecule has 2 saturated heterocycles. The highest BCUT2D eigenvalue weighted by Gasteiger charge is 2.20. The summed E-state index contributed by atoms with van der Waals surface area (Å²) in [4.78, 5) is 2.60. The first kappa shape index (κ1) is 13.3. The van der Waals surface area contributed by atoms with Gasteiger partial charge in [0.2, 0.25) is 0 Å². The van der Waals surface area contributed by atoms with Crippen LogP contribution in [0.3, 0.4) is 0 Å². The molecule has 3 heteroatoms. The molecule has 2 aliphatic heterocycles. The summed E-state index contributed by atoms with van der Waals surface area (Å²) in [6.45, 7) is 9.17. The van der Waals surface area contributed by atoms with E-state index in [2.05, 4.69) is 24.1 Å². The number of hydrogen-bond acceptors (Lipinski definition) is 3. The van der Waals surface area contributed by atoms with Crippen LogP contribution in [0.2, 0.25) is 0 Å². The minimum Gasteiger partial charge on any atom is -0.377 e. The van der Waals surface area contributed by atoms with Crippen LogP contribution in [0.25, 0.3) is 0 Å². The zero-order valence-electron chi connectivity index (χ0n) is 11.5. The monoisotopic (exact) mass is 240 g/mol. The molecule has 0 bridgehead atoms. The Morgan fingerprint density at radius 1 is 1.18 bits per heavy atom. The van der Waals surface area contributed by atoms with Gasteiger partial charge in [-0.25, -0.2) is 0 Å². The lowest BCUT2D eigenvalue weighted by molar-refractivity contribution is 0.106. The minimum absolute atomic E-state index is 0.486. The molecule has 2 atom stereocenters. The van der Waals surface area contributed by atoms with E-state index in [-0.39, 0.29) is 0 Å². The topological polar surface area (TPSA) is 24.5 Å². The lowest BCUT2D eigenvalue weighted by Crippen LogP contribution is -2.37. The summed E-state index contributed by atoms with van der Waals surface area (Å²) in [6, 6.07) is 1.41. The van der Waals surface area contributed by atoms with E-state index in [0.29, 0.717) is 18.2 Å². The van der Waals surface area contributed by atoms with Gasteiger partial charge in [-0.2, -0.15) is 0 Å². The van der Waals surface area contributed by atoms with Crippen molar-refractivity contribution in [3.8, 4) is 0 Å². The summed E-state index contributed by atoms with van der Waals surface area (Å²) in [6.07, 6.45) is 6.94. The fraction of sp³-hybridized carbons (Fsp3) is 1.00. The van der Waals surface area contributed by atoms with E-state index in [1.165, 1.54) is 45.2 Å². The molecular weight excluding hydrogens is 212 g/mol. The molecule has 0 aliphatic carbocycles. The van der Waals surface area contributed by atoms with Crippen molar-refractivity contribution in [3.05, 3.63) is 0 Å². The van der Waals surface area contributed by atoms with Crippen LogP contribution in [-0.2, 0) is 4.74 Å². The Hall–Kier alpha value is -0.120. The smallest absolute Gasteiger partial charge is 0.0700 e. The SMILES string of the molecule is CC(C)N1CCCC(NCC2CCCO2)CC1. The van der Waals surface area contributed by atoms with Gasteiger partial charge in [-0.05, 0) is 59.0 Å². The van der Waals surface area contributed by atoms with Crippen LogP contribution < -0.4 is 5.32 Å². The van der Waals surface area contributed by atoms with Gasteiger partial charge in [0.15, 0.2) is 0 Å². The molecule has 0 spiro atoms. The first-order chi connectivity index (χ1) is 8.25. The number of hydrogen-bond donors (Lipinski definition) is 1. The molecule has 2 rings (SSSR count). The van der Waals surface area contributed by atoms with Crippen molar-refractivity contribution in [1.29, 1.82) is 0 Å². The molecule has 1 N–H and O–H groups in total. The van der Waals surface area contributed by atoms with Crippen molar-refractivity contribution in [1.82, 2.24) is 10.2 Å². The molecule has 0 aromatic heterocycles. The lowest BCUT2D eigenvalue weighted by atomic mass is 10.1. The third kappa shape index (κ3) is 4.23. The Kier molecular flexibility index (Phi) is 5.26. The number of rotatable bonds is 4. The van der Waals surface area contributed by atoms with Crippen LogP contribution in [0.5, 0.6) is 0 Å². The van der Waals surface area contributed by atoms with Crippen LogP contribution in [0.15, 0.2) is 0 Å². The number of nitrogens with one attached hydrogen (secondary N) is 1. The molecule has 0 aromatic carbocycles. The molecule has 3 nitrogen and oxygen atoms in total. The third-order valence-electron chi connectivity index (χ3n) is 4.15. The van der Waals surface area contributed by atoms with Crippen molar-refractivity contribution in [2.45, 2.75) is 64.1 Å². The van der Waals surface area contributed by atoms with E-state index in [1.807, 2.05) is 0 Å². The van der Waals surface area contributed by atoms with Gasteiger partial charge in [0.05, 0.1) is 6.10 Å². The highest BCUT2D eigenvalue weighted by atomic mass is 16.5. The maximum Gasteiger partial charge on any atom is 0.0700 e. The Morgan fingerprint density at radius 3 is 2.76 bits per heavy atom. The summed E-state index contributed by atoms with van der Waals surface area (Å²) >= 11 is 0. The number of nitrogens with zero attached hydrogens (tertiary/aromatic N) is 1. The molecule has 0 radical (unpaired) electrons. The molecule has 2 aliphatic rings. The zero-order valence-corrected chi connectivity index (χ0v) is 11.5. The standard InChI is InChI=1S/C14H28N2O/c1-12(2)16-8-3-5-13(7-9-16)15-11-14-6-4-10-17-14/h12-15H,3-11H2,1-2H3. The molecule has 0 amide bonds. The van der Waals surface area contributed by atoms with E-state index < -0.39 is 0 Å². The van der Waals surface area contributed by atoms with E-state index in [0.717, 1.165) is 13.2 Å². The van der Waals surface area contributed by atoms with Gasteiger partial charge in [0.25, 0.3) is 0 Å². The first-order valence-corrected chi connectivity index (χ1v) is 7.34. The largest absolute Gasteiger partial charge is 0.377 e. The normalized spacial score (nSPS) is 31.9. The molecule has 100 valence electrons. The summed E-state index contributed by atoms with van der Waals surface area (Å²) < 4.78 is 5.66. The van der Waals surface area contributed by atoms with E-state index in [9.17, 15) is 0 Å². The van der Waals surface area contributed by atoms with Crippen molar-refractivity contribution in [3.63, 3.8) is 0 Å². The van der Waals surface area contributed by atoms with Gasteiger partial charge in [-0.15, -0.1) is 0 Å². The van der Waals surface area contributed by atoms with Gasteiger partial charge < -0.3 is 15.0 Å². The molecule has 2 unspecified atom stereocenters. The summed E-state index contributed by atoms with van der Waals surface area (Å²) in [5, 5.41) is 3.71. The average Bonchev–Trinajstić information content (AvgIpc) is 2.70. The van der Waals surface area contributed by atoms with Gasteiger partial charge in [-0.1, -0.05) is 0 Å². The van der Waals surface area contributed by atoms with Crippen LogP contribution in [0, 0.1) is 0 Å². The molecule has 0 aromatic rings. The van der Waals surface area contributed by atoms with Crippen molar-refractivity contribution in [2.75, 3.05) is 26.2 Å². The Morgan fingerprint density at radius 2 is 2.06 bits per heavy atom. The predicted octanol–water partition coefficient (Wildman–Crippen LogP) is 2.02. The van der Waals surface area contributed by atoms with E-state index in [1.54, 1.807) is 0 Å². The Bertz CT molecular complexity index is 214. The van der Waals surface area contributed by atoms with Gasteiger partial charge in [0.1, 0.15) is 0 Å². The van der Waals surface area contributed by atoms with Crippen molar-refractivity contribution >= 4 is 0 Å². The highest BCUT2D eigenvalue weighted by molar-refractivity contribution is 4.78. The fourth-order valence-electron chi connectivity index (χ4n) is 2.94. The number of ether oxygens (including phenoxy) is 1. The number of likely N-dealkylation sites (tertiary alicyclic amines) is 1. The van der Waals surface area contributed by atoms with E-state index in [4.69, 9.17) is 4.74 Å². The van der Waals surface area contributed by atoms with E-state index >= 15 is 0 Å².